The minimum Gasteiger partial charge on any atom is -0.507 e. The SMILES string of the molecule is CCCCN=C1NC(=O)/C(=C/c2ccc(C(F)F)c(O)c2)N1. The fourth-order valence-electron chi connectivity index (χ4n) is 1.92. The summed E-state index contributed by atoms with van der Waals surface area (Å²) in [6.45, 7) is 2.65. The molecule has 1 aliphatic heterocycles. The molecule has 118 valence electrons. The van der Waals surface area contributed by atoms with Crippen molar-refractivity contribution in [3.05, 3.63) is 35.0 Å². The number of phenolic OH excluding ortho intramolecular Hbond substituents is 1. The Balaban J connectivity index is 2.14. The Hall–Kier alpha value is -2.44. The molecule has 0 aliphatic carbocycles. The third-order valence-electron chi connectivity index (χ3n) is 3.11. The number of alkyl halides is 2. The number of benzene rings is 1. The molecule has 0 atom stereocenters. The van der Waals surface area contributed by atoms with E-state index < -0.39 is 17.7 Å². The Morgan fingerprint density at radius 1 is 1.36 bits per heavy atom. The van der Waals surface area contributed by atoms with Crippen LogP contribution in [0.4, 0.5) is 8.78 Å². The van der Waals surface area contributed by atoms with Crippen molar-refractivity contribution in [3.63, 3.8) is 0 Å². The maximum absolute atomic E-state index is 12.6. The quantitative estimate of drug-likeness (QED) is 0.578. The van der Waals surface area contributed by atoms with E-state index in [9.17, 15) is 18.7 Å². The normalized spacial score (nSPS) is 18.1. The van der Waals surface area contributed by atoms with Crippen LogP contribution in [0, 0.1) is 0 Å². The lowest BCUT2D eigenvalue weighted by atomic mass is 10.1. The van der Waals surface area contributed by atoms with Gasteiger partial charge in [0, 0.05) is 6.54 Å². The standard InChI is InChI=1S/C15H17F2N3O2/c1-2-3-6-18-15-19-11(14(22)20-15)7-9-4-5-10(13(16)17)12(21)8-9/h4-5,7-8,13,21H,2-3,6H2,1H3,(H2,18,19,20,22)/b11-7-. The number of hydrogen-bond acceptors (Lipinski definition) is 3. The predicted molar refractivity (Wildman–Crippen MR) is 79.5 cm³/mol. The largest absolute Gasteiger partial charge is 0.507 e. The average molecular weight is 309 g/mol. The summed E-state index contributed by atoms with van der Waals surface area (Å²) in [5.41, 5.74) is 0.251. The smallest absolute Gasteiger partial charge is 0.274 e. The van der Waals surface area contributed by atoms with Crippen LogP contribution in [-0.4, -0.2) is 23.5 Å². The van der Waals surface area contributed by atoms with E-state index in [0.29, 0.717) is 18.1 Å². The van der Waals surface area contributed by atoms with E-state index in [1.165, 1.54) is 18.2 Å². The lowest BCUT2D eigenvalue weighted by Gasteiger charge is -2.04. The van der Waals surface area contributed by atoms with Crippen LogP contribution in [0.25, 0.3) is 6.08 Å². The number of amides is 1. The zero-order valence-electron chi connectivity index (χ0n) is 12.1. The van der Waals surface area contributed by atoms with Gasteiger partial charge in [0.05, 0.1) is 5.56 Å². The minimum absolute atomic E-state index is 0.249. The van der Waals surface area contributed by atoms with Gasteiger partial charge < -0.3 is 10.4 Å². The van der Waals surface area contributed by atoms with Crippen molar-refractivity contribution in [1.82, 2.24) is 10.6 Å². The molecule has 0 unspecified atom stereocenters. The van der Waals surface area contributed by atoms with Crippen molar-refractivity contribution in [2.24, 2.45) is 4.99 Å². The van der Waals surface area contributed by atoms with Gasteiger partial charge in [-0.1, -0.05) is 19.4 Å². The summed E-state index contributed by atoms with van der Waals surface area (Å²) in [6, 6.07) is 3.74. The van der Waals surface area contributed by atoms with E-state index in [1.807, 2.05) is 6.92 Å². The van der Waals surface area contributed by atoms with Crippen LogP contribution in [0.3, 0.4) is 0 Å². The molecule has 1 aromatic carbocycles. The number of aromatic hydroxyl groups is 1. The first-order valence-corrected chi connectivity index (χ1v) is 6.97. The molecular formula is C15H17F2N3O2. The maximum Gasteiger partial charge on any atom is 0.274 e. The van der Waals surface area contributed by atoms with E-state index in [0.717, 1.165) is 18.9 Å². The van der Waals surface area contributed by atoms with Crippen LogP contribution in [-0.2, 0) is 4.79 Å². The van der Waals surface area contributed by atoms with Gasteiger partial charge in [-0.3, -0.25) is 15.1 Å². The highest BCUT2D eigenvalue weighted by atomic mass is 19.3. The number of carbonyl (C=O) groups excluding carboxylic acids is 1. The van der Waals surface area contributed by atoms with Crippen molar-refractivity contribution in [2.45, 2.75) is 26.2 Å². The first-order chi connectivity index (χ1) is 10.5. The summed E-state index contributed by atoms with van der Waals surface area (Å²) in [6.07, 6.45) is 0.644. The Kier molecular flexibility index (Phi) is 5.08. The van der Waals surface area contributed by atoms with Crippen molar-refractivity contribution in [3.8, 4) is 5.75 Å². The number of aliphatic imine (C=N–C) groups is 1. The minimum atomic E-state index is -2.74. The molecule has 22 heavy (non-hydrogen) atoms. The summed E-state index contributed by atoms with van der Waals surface area (Å²) < 4.78 is 25.1. The van der Waals surface area contributed by atoms with Gasteiger partial charge in [-0.05, 0) is 30.2 Å². The number of guanidine groups is 1. The zero-order chi connectivity index (χ0) is 16.1. The van der Waals surface area contributed by atoms with Gasteiger partial charge in [-0.25, -0.2) is 8.78 Å². The number of hydrogen-bond donors (Lipinski definition) is 3. The summed E-state index contributed by atoms with van der Waals surface area (Å²) in [5, 5.41) is 14.9. The molecule has 1 saturated heterocycles. The molecule has 1 aliphatic rings. The molecule has 3 N–H and O–H groups in total. The average Bonchev–Trinajstić information content (AvgIpc) is 2.79. The summed E-state index contributed by atoms with van der Waals surface area (Å²) in [7, 11) is 0. The molecule has 1 amide bonds. The highest BCUT2D eigenvalue weighted by Crippen LogP contribution is 2.29. The molecule has 5 nitrogen and oxygen atoms in total. The lowest BCUT2D eigenvalue weighted by Crippen LogP contribution is -2.25. The monoisotopic (exact) mass is 309 g/mol. The van der Waals surface area contributed by atoms with Crippen LogP contribution >= 0.6 is 0 Å². The van der Waals surface area contributed by atoms with E-state index in [1.54, 1.807) is 0 Å². The second-order valence-electron chi connectivity index (χ2n) is 4.84. The van der Waals surface area contributed by atoms with Crippen molar-refractivity contribution >= 4 is 17.9 Å². The Morgan fingerprint density at radius 2 is 2.14 bits per heavy atom. The number of unbranched alkanes of at least 4 members (excludes halogenated alkanes) is 1. The van der Waals surface area contributed by atoms with Gasteiger partial charge in [0.15, 0.2) is 0 Å². The maximum atomic E-state index is 12.6. The van der Waals surface area contributed by atoms with Crippen molar-refractivity contribution < 1.29 is 18.7 Å². The number of halogens is 2. The van der Waals surface area contributed by atoms with Crippen LogP contribution in [0.1, 0.15) is 37.3 Å². The lowest BCUT2D eigenvalue weighted by molar-refractivity contribution is -0.115. The van der Waals surface area contributed by atoms with Gasteiger partial charge >= 0.3 is 0 Å². The molecule has 0 saturated carbocycles. The van der Waals surface area contributed by atoms with Crippen LogP contribution in [0.15, 0.2) is 28.9 Å². The zero-order valence-corrected chi connectivity index (χ0v) is 12.1. The van der Waals surface area contributed by atoms with Crippen LogP contribution < -0.4 is 10.6 Å². The highest BCUT2D eigenvalue weighted by molar-refractivity contribution is 6.15. The summed E-state index contributed by atoms with van der Waals surface area (Å²) in [4.78, 5) is 16.0. The van der Waals surface area contributed by atoms with Crippen molar-refractivity contribution in [2.75, 3.05) is 6.54 Å². The first kappa shape index (κ1) is 15.9. The molecular weight excluding hydrogens is 292 g/mol. The fourth-order valence-corrected chi connectivity index (χ4v) is 1.92. The van der Waals surface area contributed by atoms with Gasteiger partial charge in [-0.15, -0.1) is 0 Å². The molecule has 0 aromatic heterocycles. The highest BCUT2D eigenvalue weighted by Gasteiger charge is 2.21. The van der Waals surface area contributed by atoms with Gasteiger partial charge in [0.2, 0.25) is 5.96 Å². The molecule has 2 rings (SSSR count). The van der Waals surface area contributed by atoms with Gasteiger partial charge in [0.25, 0.3) is 12.3 Å². The van der Waals surface area contributed by atoms with Crippen LogP contribution in [0.2, 0.25) is 0 Å². The molecule has 7 heteroatoms. The Morgan fingerprint density at radius 3 is 2.77 bits per heavy atom. The summed E-state index contributed by atoms with van der Waals surface area (Å²) >= 11 is 0. The topological polar surface area (TPSA) is 73.7 Å². The third-order valence-corrected chi connectivity index (χ3v) is 3.11. The van der Waals surface area contributed by atoms with E-state index >= 15 is 0 Å². The number of carbonyl (C=O) groups is 1. The number of rotatable bonds is 5. The number of nitrogens with zero attached hydrogens (tertiary/aromatic N) is 1. The first-order valence-electron chi connectivity index (χ1n) is 6.97. The molecule has 1 fully saturated rings. The molecule has 0 spiro atoms. The van der Waals surface area contributed by atoms with Crippen LogP contribution in [0.5, 0.6) is 5.75 Å². The van der Waals surface area contributed by atoms with E-state index in [2.05, 4.69) is 15.6 Å². The summed E-state index contributed by atoms with van der Waals surface area (Å²) in [5.74, 6) is -0.481. The van der Waals surface area contributed by atoms with E-state index in [4.69, 9.17) is 0 Å². The van der Waals surface area contributed by atoms with Gasteiger partial charge in [0.1, 0.15) is 11.4 Å². The van der Waals surface area contributed by atoms with Gasteiger partial charge in [-0.2, -0.15) is 0 Å². The fraction of sp³-hybridized carbons (Fsp3) is 0.333. The second-order valence-corrected chi connectivity index (χ2v) is 4.84. The Bertz CT molecular complexity index is 627. The molecule has 0 bridgehead atoms. The number of nitrogens with one attached hydrogen (secondary N) is 2. The van der Waals surface area contributed by atoms with E-state index in [-0.39, 0.29) is 11.6 Å². The Labute approximate surface area is 126 Å². The second kappa shape index (κ2) is 7.02. The van der Waals surface area contributed by atoms with Crippen molar-refractivity contribution in [1.29, 1.82) is 0 Å². The number of phenols is 1. The third kappa shape index (κ3) is 3.81. The molecule has 0 radical (unpaired) electrons. The predicted octanol–water partition coefficient (Wildman–Crippen LogP) is 2.55. The molecule has 1 aromatic rings. The molecule has 1 heterocycles.